The number of sulfone groups is 1. The van der Waals surface area contributed by atoms with Gasteiger partial charge in [-0.1, -0.05) is 17.4 Å². The molecule has 0 radical (unpaired) electrons. The summed E-state index contributed by atoms with van der Waals surface area (Å²) < 4.78 is 68.3. The van der Waals surface area contributed by atoms with Gasteiger partial charge in [-0.25, -0.2) is 17.9 Å². The van der Waals surface area contributed by atoms with Crippen molar-refractivity contribution in [1.82, 2.24) is 14.6 Å². The van der Waals surface area contributed by atoms with E-state index in [0.717, 1.165) is 23.5 Å². The summed E-state index contributed by atoms with van der Waals surface area (Å²) in [6.07, 6.45) is -4.96. The van der Waals surface area contributed by atoms with Gasteiger partial charge in [-0.2, -0.15) is 18.3 Å². The van der Waals surface area contributed by atoms with E-state index in [1.54, 1.807) is 20.8 Å². The topological polar surface area (TPSA) is 105 Å². The molecule has 0 saturated heterocycles. The summed E-state index contributed by atoms with van der Waals surface area (Å²) in [5, 5.41) is 24.4. The Morgan fingerprint density at radius 2 is 1.91 bits per heavy atom. The molecule has 1 fully saturated rings. The van der Waals surface area contributed by atoms with Gasteiger partial charge < -0.3 is 10.2 Å². The fourth-order valence-corrected chi connectivity index (χ4v) is 6.67. The van der Waals surface area contributed by atoms with Crippen molar-refractivity contribution in [2.75, 3.05) is 5.75 Å². The van der Waals surface area contributed by atoms with Crippen molar-refractivity contribution in [1.29, 1.82) is 0 Å². The van der Waals surface area contributed by atoms with Crippen LogP contribution in [0.2, 0.25) is 0 Å². The summed E-state index contributed by atoms with van der Waals surface area (Å²) in [6.45, 7) is 4.76. The number of aromatic nitrogens is 3. The molecule has 7 nitrogen and oxygen atoms in total. The number of rotatable bonds is 5. The standard InChI is InChI=1S/C20H22F3N3O4S2/c1-10-16(26-18(24-10)31-17(25-26)19(2,3)28)12-4-5-14(20(21,22)23)15(8-12)32(29,30)9-11-6-13(27)7-11/h4-5,8,11,13,27-28H,6-7,9H2,1-3H3. The van der Waals surface area contributed by atoms with Gasteiger partial charge in [0.2, 0.25) is 4.96 Å². The van der Waals surface area contributed by atoms with Crippen molar-refractivity contribution in [2.45, 2.75) is 56.4 Å². The van der Waals surface area contributed by atoms with Crippen LogP contribution in [0.15, 0.2) is 23.1 Å². The Morgan fingerprint density at radius 3 is 2.47 bits per heavy atom. The molecule has 0 aliphatic heterocycles. The number of aryl methyl sites for hydroxylation is 1. The van der Waals surface area contributed by atoms with Crippen molar-refractivity contribution in [3.63, 3.8) is 0 Å². The summed E-state index contributed by atoms with van der Waals surface area (Å²) in [4.78, 5) is 4.01. The first-order valence-corrected chi connectivity index (χ1v) is 12.3. The lowest BCUT2D eigenvalue weighted by Crippen LogP contribution is -2.34. The zero-order valence-corrected chi connectivity index (χ0v) is 19.1. The molecule has 1 aliphatic carbocycles. The Balaban J connectivity index is 1.86. The molecule has 0 unspecified atom stereocenters. The van der Waals surface area contributed by atoms with E-state index in [0.29, 0.717) is 21.4 Å². The normalized spacial score (nSPS) is 20.0. The lowest BCUT2D eigenvalue weighted by Gasteiger charge is -2.31. The predicted octanol–water partition coefficient (Wildman–Crippen LogP) is 3.56. The molecule has 2 N–H and O–H groups in total. The zero-order chi connectivity index (χ0) is 23.6. The molecule has 1 aromatic carbocycles. The molecule has 0 bridgehead atoms. The van der Waals surface area contributed by atoms with Crippen LogP contribution in [0.25, 0.3) is 16.2 Å². The van der Waals surface area contributed by atoms with E-state index in [4.69, 9.17) is 0 Å². The van der Waals surface area contributed by atoms with E-state index in [1.165, 1.54) is 10.6 Å². The van der Waals surface area contributed by atoms with Crippen LogP contribution in [0, 0.1) is 12.8 Å². The van der Waals surface area contributed by atoms with E-state index in [-0.39, 0.29) is 24.3 Å². The molecule has 4 rings (SSSR count). The molecule has 0 amide bonds. The number of aliphatic hydroxyl groups excluding tert-OH is 1. The Labute approximate surface area is 186 Å². The van der Waals surface area contributed by atoms with Gasteiger partial charge in [0.05, 0.1) is 33.7 Å². The summed E-state index contributed by atoms with van der Waals surface area (Å²) in [6, 6.07) is 2.99. The first-order chi connectivity index (χ1) is 14.7. The third-order valence-electron chi connectivity index (χ3n) is 5.46. The number of aliphatic hydroxyl groups is 2. The van der Waals surface area contributed by atoms with Crippen LogP contribution in [-0.4, -0.2) is 45.1 Å². The minimum atomic E-state index is -4.85. The van der Waals surface area contributed by atoms with Gasteiger partial charge in [0, 0.05) is 5.56 Å². The van der Waals surface area contributed by atoms with Crippen molar-refractivity contribution in [3.05, 3.63) is 34.5 Å². The van der Waals surface area contributed by atoms with Crippen molar-refractivity contribution < 1.29 is 31.8 Å². The van der Waals surface area contributed by atoms with Gasteiger partial charge in [-0.15, -0.1) is 0 Å². The fourth-order valence-electron chi connectivity index (χ4n) is 3.83. The van der Waals surface area contributed by atoms with Crippen LogP contribution in [-0.2, 0) is 21.6 Å². The van der Waals surface area contributed by atoms with Gasteiger partial charge >= 0.3 is 6.18 Å². The zero-order valence-electron chi connectivity index (χ0n) is 17.5. The molecule has 2 heterocycles. The molecule has 0 atom stereocenters. The van der Waals surface area contributed by atoms with Crippen LogP contribution >= 0.6 is 11.3 Å². The van der Waals surface area contributed by atoms with Crippen LogP contribution in [0.1, 0.15) is 43.0 Å². The number of halogens is 3. The molecule has 1 saturated carbocycles. The smallest absolute Gasteiger partial charge is 0.393 e. The summed E-state index contributed by atoms with van der Waals surface area (Å²) >= 11 is 1.14. The highest BCUT2D eigenvalue weighted by atomic mass is 32.2. The highest BCUT2D eigenvalue weighted by molar-refractivity contribution is 7.91. The van der Waals surface area contributed by atoms with E-state index in [1.807, 2.05) is 0 Å². The third-order valence-corrected chi connectivity index (χ3v) is 8.60. The van der Waals surface area contributed by atoms with Crippen molar-refractivity contribution in [2.24, 2.45) is 5.92 Å². The van der Waals surface area contributed by atoms with Crippen LogP contribution in [0.4, 0.5) is 13.2 Å². The first-order valence-electron chi connectivity index (χ1n) is 9.88. The Bertz CT molecular complexity index is 1280. The van der Waals surface area contributed by atoms with Crippen molar-refractivity contribution in [3.8, 4) is 11.3 Å². The lowest BCUT2D eigenvalue weighted by atomic mass is 9.84. The third kappa shape index (κ3) is 4.16. The number of alkyl halides is 3. The summed E-state index contributed by atoms with van der Waals surface area (Å²) in [7, 11) is -4.27. The van der Waals surface area contributed by atoms with Gasteiger partial charge in [0.25, 0.3) is 0 Å². The van der Waals surface area contributed by atoms with Gasteiger partial charge in [0.15, 0.2) is 9.84 Å². The number of hydrogen-bond donors (Lipinski definition) is 2. The average molecular weight is 490 g/mol. The number of imidazole rings is 1. The second-order valence-electron chi connectivity index (χ2n) is 8.69. The quantitative estimate of drug-likeness (QED) is 0.568. The molecule has 3 aromatic rings. The minimum absolute atomic E-state index is 0.225. The molecule has 32 heavy (non-hydrogen) atoms. The van der Waals surface area contributed by atoms with Crippen LogP contribution in [0.5, 0.6) is 0 Å². The highest BCUT2D eigenvalue weighted by Gasteiger charge is 2.40. The van der Waals surface area contributed by atoms with Crippen LogP contribution < -0.4 is 0 Å². The number of benzene rings is 1. The molecule has 12 heteroatoms. The van der Waals surface area contributed by atoms with E-state index >= 15 is 0 Å². The monoisotopic (exact) mass is 489 g/mol. The summed E-state index contributed by atoms with van der Waals surface area (Å²) in [5.41, 5.74) is -1.41. The van der Waals surface area contributed by atoms with Gasteiger partial charge in [0.1, 0.15) is 10.6 Å². The number of nitrogens with zero attached hydrogens (tertiary/aromatic N) is 3. The summed E-state index contributed by atoms with van der Waals surface area (Å²) in [5.74, 6) is -0.840. The molecule has 0 spiro atoms. The molecular weight excluding hydrogens is 467 g/mol. The molecular formula is C20H22F3N3O4S2. The van der Waals surface area contributed by atoms with E-state index < -0.39 is 43.9 Å². The molecule has 1 aliphatic rings. The Kier molecular flexibility index (Phi) is 5.43. The number of hydrogen-bond acceptors (Lipinski definition) is 7. The van der Waals surface area contributed by atoms with E-state index in [2.05, 4.69) is 10.1 Å². The first kappa shape index (κ1) is 23.1. The van der Waals surface area contributed by atoms with Crippen molar-refractivity contribution >= 4 is 26.1 Å². The Morgan fingerprint density at radius 1 is 1.25 bits per heavy atom. The predicted molar refractivity (Wildman–Crippen MR) is 112 cm³/mol. The lowest BCUT2D eigenvalue weighted by molar-refractivity contribution is -0.139. The largest absolute Gasteiger partial charge is 0.417 e. The maximum absolute atomic E-state index is 13.7. The second-order valence-corrected chi connectivity index (χ2v) is 11.6. The molecule has 2 aromatic heterocycles. The van der Waals surface area contributed by atoms with Gasteiger partial charge in [-0.3, -0.25) is 0 Å². The SMILES string of the molecule is Cc1nc2sc(C(C)(C)O)nn2c1-c1ccc(C(F)(F)F)c(S(=O)(=O)CC2CC(O)C2)c1. The highest BCUT2D eigenvalue weighted by Crippen LogP contribution is 2.40. The second kappa shape index (κ2) is 7.51. The average Bonchev–Trinajstić information content (AvgIpc) is 3.15. The van der Waals surface area contributed by atoms with Gasteiger partial charge in [-0.05, 0) is 51.7 Å². The maximum Gasteiger partial charge on any atom is 0.417 e. The maximum atomic E-state index is 13.7. The molecule has 174 valence electrons. The van der Waals surface area contributed by atoms with E-state index in [9.17, 15) is 31.8 Å². The number of fused-ring (bicyclic) bond motifs is 1. The van der Waals surface area contributed by atoms with Crippen LogP contribution in [0.3, 0.4) is 0 Å². The Hall–Kier alpha value is -2.02. The fraction of sp³-hybridized carbons (Fsp3) is 0.500. The minimum Gasteiger partial charge on any atom is -0.393 e.